The zero-order valence-electron chi connectivity index (χ0n) is 13.8. The molecule has 1 unspecified atom stereocenters. The molecule has 1 aromatic rings. The van der Waals surface area contributed by atoms with Gasteiger partial charge in [-0.15, -0.1) is 12.4 Å². The maximum atomic E-state index is 14.0. The highest BCUT2D eigenvalue weighted by Gasteiger charge is 2.30. The smallest absolute Gasteiger partial charge is 0.240 e. The van der Waals surface area contributed by atoms with E-state index in [1.165, 1.54) is 6.07 Å². The average Bonchev–Trinajstić information content (AvgIpc) is 2.57. The fourth-order valence-corrected chi connectivity index (χ4v) is 3.12. The zero-order valence-corrected chi connectivity index (χ0v) is 15.4. The van der Waals surface area contributed by atoms with E-state index in [2.05, 4.69) is 0 Å². The molecule has 136 valence electrons. The van der Waals surface area contributed by atoms with Crippen LogP contribution in [0.1, 0.15) is 31.7 Å². The predicted molar refractivity (Wildman–Crippen MR) is 95.9 cm³/mol. The maximum absolute atomic E-state index is 14.0. The van der Waals surface area contributed by atoms with E-state index in [1.54, 1.807) is 17.0 Å². The Balaban J connectivity index is 0.00000288. The standard InChI is InChI=1S/C17H24ClFN2O2.ClH/c1-2-8-21(11-13-14(18)4-3-5-15(13)19)17(22)16(20)12-6-9-23-10-7-12;/h3-5,12,16H,2,6-11,20H2,1H3;1H. The van der Waals surface area contributed by atoms with Gasteiger partial charge in [0.2, 0.25) is 5.91 Å². The van der Waals surface area contributed by atoms with E-state index >= 15 is 0 Å². The molecule has 1 fully saturated rings. The van der Waals surface area contributed by atoms with Crippen molar-refractivity contribution in [3.05, 3.63) is 34.6 Å². The molecule has 7 heteroatoms. The first kappa shape index (κ1) is 21.2. The van der Waals surface area contributed by atoms with Gasteiger partial charge in [0.1, 0.15) is 5.82 Å². The van der Waals surface area contributed by atoms with Crippen LogP contribution in [0.25, 0.3) is 0 Å². The topological polar surface area (TPSA) is 55.6 Å². The van der Waals surface area contributed by atoms with Gasteiger partial charge >= 0.3 is 0 Å². The average molecular weight is 379 g/mol. The maximum Gasteiger partial charge on any atom is 0.240 e. The van der Waals surface area contributed by atoms with Crippen LogP contribution in [0.3, 0.4) is 0 Å². The molecule has 2 N–H and O–H groups in total. The number of benzene rings is 1. The van der Waals surface area contributed by atoms with Crippen LogP contribution >= 0.6 is 24.0 Å². The van der Waals surface area contributed by atoms with E-state index in [-0.39, 0.29) is 30.8 Å². The van der Waals surface area contributed by atoms with Gasteiger partial charge in [-0.25, -0.2) is 4.39 Å². The van der Waals surface area contributed by atoms with Gasteiger partial charge in [-0.05, 0) is 37.3 Å². The van der Waals surface area contributed by atoms with Crippen molar-refractivity contribution in [3.63, 3.8) is 0 Å². The Morgan fingerprint density at radius 1 is 1.46 bits per heavy atom. The summed E-state index contributed by atoms with van der Waals surface area (Å²) in [6, 6.07) is 3.97. The van der Waals surface area contributed by atoms with Gasteiger partial charge in [-0.3, -0.25) is 4.79 Å². The lowest BCUT2D eigenvalue weighted by Gasteiger charge is -2.31. The number of ether oxygens (including phenoxy) is 1. The second-order valence-electron chi connectivity index (χ2n) is 5.94. The van der Waals surface area contributed by atoms with Gasteiger partial charge in [0.05, 0.1) is 12.6 Å². The lowest BCUT2D eigenvalue weighted by molar-refractivity contribution is -0.135. The van der Waals surface area contributed by atoms with Crippen LogP contribution < -0.4 is 5.73 Å². The largest absolute Gasteiger partial charge is 0.381 e. The van der Waals surface area contributed by atoms with E-state index in [0.717, 1.165) is 19.3 Å². The molecule has 4 nitrogen and oxygen atoms in total. The van der Waals surface area contributed by atoms with E-state index in [4.69, 9.17) is 22.1 Å². The van der Waals surface area contributed by atoms with Crippen LogP contribution in [0.5, 0.6) is 0 Å². The summed E-state index contributed by atoms with van der Waals surface area (Å²) >= 11 is 6.08. The van der Waals surface area contributed by atoms with Crippen molar-refractivity contribution >= 4 is 29.9 Å². The SMILES string of the molecule is CCCN(Cc1c(F)cccc1Cl)C(=O)C(N)C1CCOCC1.Cl. The third kappa shape index (κ3) is 5.31. The molecule has 0 aromatic heterocycles. The fraction of sp³-hybridized carbons (Fsp3) is 0.588. The Labute approximate surface area is 153 Å². The second-order valence-corrected chi connectivity index (χ2v) is 6.34. The number of nitrogens with two attached hydrogens (primary N) is 1. The first-order valence-corrected chi connectivity index (χ1v) is 8.47. The zero-order chi connectivity index (χ0) is 16.8. The first-order chi connectivity index (χ1) is 11.0. The van der Waals surface area contributed by atoms with Crippen molar-refractivity contribution in [2.45, 2.75) is 38.8 Å². The quantitative estimate of drug-likeness (QED) is 0.824. The minimum atomic E-state index is -0.573. The van der Waals surface area contributed by atoms with Gasteiger partial charge in [0.25, 0.3) is 0 Å². The third-order valence-corrected chi connectivity index (χ3v) is 4.63. The molecule has 1 amide bonds. The van der Waals surface area contributed by atoms with Crippen LogP contribution in [0.2, 0.25) is 5.02 Å². The third-order valence-electron chi connectivity index (χ3n) is 4.27. The Kier molecular flexibility index (Phi) is 8.98. The molecular formula is C17H25Cl2FN2O2. The van der Waals surface area contributed by atoms with Crippen LogP contribution in [0, 0.1) is 11.7 Å². The second kappa shape index (κ2) is 10.2. The molecule has 1 heterocycles. The minimum absolute atomic E-state index is 0. The summed E-state index contributed by atoms with van der Waals surface area (Å²) in [5.74, 6) is -0.421. The van der Waals surface area contributed by atoms with Crippen molar-refractivity contribution in [2.75, 3.05) is 19.8 Å². The molecule has 0 radical (unpaired) electrons. The molecule has 2 rings (SSSR count). The highest BCUT2D eigenvalue weighted by atomic mass is 35.5. The number of amides is 1. The van der Waals surface area contributed by atoms with E-state index in [0.29, 0.717) is 30.3 Å². The highest BCUT2D eigenvalue weighted by Crippen LogP contribution is 2.23. The Hall–Kier alpha value is -0.880. The van der Waals surface area contributed by atoms with Gasteiger partial charge in [0.15, 0.2) is 0 Å². The van der Waals surface area contributed by atoms with Gasteiger partial charge in [0, 0.05) is 30.3 Å². The molecule has 1 aliphatic rings. The summed E-state index contributed by atoms with van der Waals surface area (Å²) in [7, 11) is 0. The van der Waals surface area contributed by atoms with Gasteiger partial charge in [-0.2, -0.15) is 0 Å². The van der Waals surface area contributed by atoms with E-state index < -0.39 is 11.9 Å². The normalized spacial score (nSPS) is 16.3. The molecule has 1 atom stereocenters. The molecule has 0 saturated carbocycles. The summed E-state index contributed by atoms with van der Waals surface area (Å²) in [5.41, 5.74) is 6.52. The number of nitrogens with zero attached hydrogens (tertiary/aromatic N) is 1. The van der Waals surface area contributed by atoms with Crippen LogP contribution in [0.4, 0.5) is 4.39 Å². The minimum Gasteiger partial charge on any atom is -0.381 e. The van der Waals surface area contributed by atoms with Gasteiger partial charge in [-0.1, -0.05) is 24.6 Å². The van der Waals surface area contributed by atoms with Crippen molar-refractivity contribution < 1.29 is 13.9 Å². The fourth-order valence-electron chi connectivity index (χ4n) is 2.90. The van der Waals surface area contributed by atoms with Gasteiger partial charge < -0.3 is 15.4 Å². The number of hydrogen-bond donors (Lipinski definition) is 1. The Bertz CT molecular complexity index is 519. The van der Waals surface area contributed by atoms with Crippen molar-refractivity contribution in [2.24, 2.45) is 11.7 Å². The van der Waals surface area contributed by atoms with Crippen LogP contribution in [-0.2, 0) is 16.1 Å². The van der Waals surface area contributed by atoms with Crippen molar-refractivity contribution in [3.8, 4) is 0 Å². The predicted octanol–water partition coefficient (Wildman–Crippen LogP) is 3.39. The summed E-state index contributed by atoms with van der Waals surface area (Å²) in [6.07, 6.45) is 2.35. The molecule has 24 heavy (non-hydrogen) atoms. The number of rotatable bonds is 6. The molecule has 0 aliphatic carbocycles. The van der Waals surface area contributed by atoms with Crippen molar-refractivity contribution in [1.29, 1.82) is 0 Å². The molecule has 1 aromatic carbocycles. The van der Waals surface area contributed by atoms with E-state index in [9.17, 15) is 9.18 Å². The summed E-state index contributed by atoms with van der Waals surface area (Å²) in [5, 5.41) is 0.332. The molecule has 0 spiro atoms. The number of halogens is 3. The lowest BCUT2D eigenvalue weighted by Crippen LogP contribution is -2.49. The molecule has 1 aliphatic heterocycles. The molecule has 0 bridgehead atoms. The summed E-state index contributed by atoms with van der Waals surface area (Å²) < 4.78 is 19.3. The first-order valence-electron chi connectivity index (χ1n) is 8.09. The number of carbonyl (C=O) groups is 1. The Morgan fingerprint density at radius 2 is 2.12 bits per heavy atom. The van der Waals surface area contributed by atoms with Crippen LogP contribution in [-0.4, -0.2) is 36.6 Å². The molecule has 1 saturated heterocycles. The van der Waals surface area contributed by atoms with E-state index in [1.807, 2.05) is 6.92 Å². The number of hydrogen-bond acceptors (Lipinski definition) is 3. The lowest BCUT2D eigenvalue weighted by atomic mass is 9.91. The Morgan fingerprint density at radius 3 is 2.71 bits per heavy atom. The summed E-state index contributed by atoms with van der Waals surface area (Å²) in [4.78, 5) is 14.4. The number of carbonyl (C=O) groups excluding carboxylic acids is 1. The molecular weight excluding hydrogens is 354 g/mol. The monoisotopic (exact) mass is 378 g/mol. The highest BCUT2D eigenvalue weighted by molar-refractivity contribution is 6.31. The summed E-state index contributed by atoms with van der Waals surface area (Å²) in [6.45, 7) is 3.93. The van der Waals surface area contributed by atoms with Crippen LogP contribution in [0.15, 0.2) is 18.2 Å². The van der Waals surface area contributed by atoms with Crippen molar-refractivity contribution in [1.82, 2.24) is 4.90 Å².